The van der Waals surface area contributed by atoms with E-state index in [2.05, 4.69) is 21.2 Å². The number of anilines is 2. The first-order valence-corrected chi connectivity index (χ1v) is 8.29. The minimum atomic E-state index is -0.271. The van der Waals surface area contributed by atoms with Crippen molar-refractivity contribution in [1.82, 2.24) is 0 Å². The molecule has 1 N–H and O–H groups in total. The van der Waals surface area contributed by atoms with Gasteiger partial charge in [0.2, 0.25) is 11.8 Å². The SMILES string of the molecule is CC(=O)N(C(=O)Cc1cccc(Br)c1)c1cccc2c1NCC2. The summed E-state index contributed by atoms with van der Waals surface area (Å²) in [5.41, 5.74) is 3.55. The van der Waals surface area contributed by atoms with Gasteiger partial charge in [0.25, 0.3) is 0 Å². The van der Waals surface area contributed by atoms with Gasteiger partial charge in [-0.1, -0.05) is 40.2 Å². The molecule has 1 heterocycles. The highest BCUT2D eigenvalue weighted by atomic mass is 79.9. The molecule has 0 saturated heterocycles. The fraction of sp³-hybridized carbons (Fsp3) is 0.222. The van der Waals surface area contributed by atoms with Crippen molar-refractivity contribution in [3.05, 3.63) is 58.1 Å². The summed E-state index contributed by atoms with van der Waals surface area (Å²) in [7, 11) is 0. The Morgan fingerprint density at radius 1 is 1.22 bits per heavy atom. The number of para-hydroxylation sites is 1. The first-order valence-electron chi connectivity index (χ1n) is 7.50. The lowest BCUT2D eigenvalue weighted by Gasteiger charge is -2.22. The van der Waals surface area contributed by atoms with Crippen LogP contribution in [0.4, 0.5) is 11.4 Å². The van der Waals surface area contributed by atoms with E-state index in [0.717, 1.165) is 34.3 Å². The zero-order chi connectivity index (χ0) is 16.4. The predicted molar refractivity (Wildman–Crippen MR) is 94.6 cm³/mol. The smallest absolute Gasteiger partial charge is 0.238 e. The van der Waals surface area contributed by atoms with Crippen molar-refractivity contribution in [2.45, 2.75) is 19.8 Å². The molecule has 2 amide bonds. The molecule has 0 fully saturated rings. The summed E-state index contributed by atoms with van der Waals surface area (Å²) >= 11 is 3.40. The van der Waals surface area contributed by atoms with Crippen molar-refractivity contribution in [2.24, 2.45) is 0 Å². The number of benzene rings is 2. The molecule has 1 aliphatic heterocycles. The van der Waals surface area contributed by atoms with E-state index in [1.165, 1.54) is 11.8 Å². The Morgan fingerprint density at radius 3 is 2.74 bits per heavy atom. The average molecular weight is 373 g/mol. The van der Waals surface area contributed by atoms with E-state index >= 15 is 0 Å². The Hall–Kier alpha value is -2.14. The van der Waals surface area contributed by atoms with Crippen LogP contribution in [0, 0.1) is 0 Å². The summed E-state index contributed by atoms with van der Waals surface area (Å²) in [5, 5.41) is 3.28. The Bertz CT molecular complexity index is 773. The van der Waals surface area contributed by atoms with Crippen LogP contribution in [0.5, 0.6) is 0 Å². The molecule has 5 heteroatoms. The molecule has 0 saturated carbocycles. The molecule has 118 valence electrons. The van der Waals surface area contributed by atoms with Gasteiger partial charge in [-0.05, 0) is 35.7 Å². The first-order chi connectivity index (χ1) is 11.1. The number of imide groups is 1. The fourth-order valence-corrected chi connectivity index (χ4v) is 3.33. The zero-order valence-electron chi connectivity index (χ0n) is 12.8. The van der Waals surface area contributed by atoms with Gasteiger partial charge in [0.15, 0.2) is 0 Å². The van der Waals surface area contributed by atoms with Crippen molar-refractivity contribution in [2.75, 3.05) is 16.8 Å². The summed E-state index contributed by atoms with van der Waals surface area (Å²) < 4.78 is 0.916. The van der Waals surface area contributed by atoms with Crippen LogP contribution in [0.1, 0.15) is 18.1 Å². The molecule has 1 aliphatic rings. The first kappa shape index (κ1) is 15.7. The second kappa shape index (κ2) is 6.54. The Balaban J connectivity index is 1.92. The molecule has 0 radical (unpaired) electrons. The summed E-state index contributed by atoms with van der Waals surface area (Å²) in [6.45, 7) is 2.26. The zero-order valence-corrected chi connectivity index (χ0v) is 14.4. The van der Waals surface area contributed by atoms with Crippen LogP contribution >= 0.6 is 15.9 Å². The Morgan fingerprint density at radius 2 is 2.00 bits per heavy atom. The summed E-state index contributed by atoms with van der Waals surface area (Å²) in [5.74, 6) is -0.496. The molecule has 0 bridgehead atoms. The number of fused-ring (bicyclic) bond motifs is 1. The lowest BCUT2D eigenvalue weighted by molar-refractivity contribution is -0.125. The van der Waals surface area contributed by atoms with Crippen LogP contribution in [0.25, 0.3) is 0 Å². The third-order valence-electron chi connectivity index (χ3n) is 3.87. The number of carbonyl (C=O) groups excluding carboxylic acids is 2. The van der Waals surface area contributed by atoms with Crippen LogP contribution in [0.2, 0.25) is 0 Å². The van der Waals surface area contributed by atoms with Crippen molar-refractivity contribution in [3.63, 3.8) is 0 Å². The predicted octanol–water partition coefficient (Wildman–Crippen LogP) is 3.54. The van der Waals surface area contributed by atoms with Crippen LogP contribution in [0.15, 0.2) is 46.9 Å². The van der Waals surface area contributed by atoms with E-state index in [4.69, 9.17) is 0 Å². The largest absolute Gasteiger partial charge is 0.383 e. The number of nitrogens with one attached hydrogen (secondary N) is 1. The summed E-state index contributed by atoms with van der Waals surface area (Å²) in [4.78, 5) is 26.1. The maximum absolute atomic E-state index is 12.7. The van der Waals surface area contributed by atoms with Crippen LogP contribution in [0.3, 0.4) is 0 Å². The van der Waals surface area contributed by atoms with E-state index < -0.39 is 0 Å². The molecule has 0 spiro atoms. The average Bonchev–Trinajstić information content (AvgIpc) is 2.96. The van der Waals surface area contributed by atoms with Gasteiger partial charge in [-0.2, -0.15) is 0 Å². The van der Waals surface area contributed by atoms with Crippen LogP contribution in [-0.2, 0) is 22.4 Å². The molecule has 3 rings (SSSR count). The molecule has 0 unspecified atom stereocenters. The number of rotatable bonds is 3. The molecule has 0 atom stereocenters. The lowest BCUT2D eigenvalue weighted by Crippen LogP contribution is -2.36. The van der Waals surface area contributed by atoms with Gasteiger partial charge in [0.1, 0.15) is 0 Å². The van der Waals surface area contributed by atoms with Crippen molar-refractivity contribution < 1.29 is 9.59 Å². The Labute approximate surface area is 143 Å². The molecule has 2 aromatic carbocycles. The van der Waals surface area contributed by atoms with E-state index in [9.17, 15) is 9.59 Å². The van der Waals surface area contributed by atoms with E-state index in [1.54, 1.807) is 0 Å². The van der Waals surface area contributed by atoms with E-state index in [-0.39, 0.29) is 18.2 Å². The van der Waals surface area contributed by atoms with Crippen molar-refractivity contribution in [1.29, 1.82) is 0 Å². The number of amides is 2. The maximum Gasteiger partial charge on any atom is 0.238 e. The molecule has 4 nitrogen and oxygen atoms in total. The molecule has 2 aromatic rings. The lowest BCUT2D eigenvalue weighted by atomic mass is 10.1. The molecule has 23 heavy (non-hydrogen) atoms. The third-order valence-corrected chi connectivity index (χ3v) is 4.37. The second-order valence-corrected chi connectivity index (χ2v) is 6.46. The van der Waals surface area contributed by atoms with E-state index in [0.29, 0.717) is 5.69 Å². The number of carbonyl (C=O) groups is 2. The number of hydrogen-bond donors (Lipinski definition) is 1. The molecular weight excluding hydrogens is 356 g/mol. The Kier molecular flexibility index (Phi) is 4.48. The van der Waals surface area contributed by atoms with Gasteiger partial charge in [-0.25, -0.2) is 4.90 Å². The number of hydrogen-bond acceptors (Lipinski definition) is 3. The van der Waals surface area contributed by atoms with Gasteiger partial charge >= 0.3 is 0 Å². The second-order valence-electron chi connectivity index (χ2n) is 5.54. The fourth-order valence-electron chi connectivity index (χ4n) is 2.89. The van der Waals surface area contributed by atoms with Gasteiger partial charge < -0.3 is 5.32 Å². The van der Waals surface area contributed by atoms with Gasteiger partial charge in [-0.15, -0.1) is 0 Å². The highest BCUT2D eigenvalue weighted by Gasteiger charge is 2.25. The van der Waals surface area contributed by atoms with E-state index in [1.807, 2.05) is 42.5 Å². The monoisotopic (exact) mass is 372 g/mol. The normalized spacial score (nSPS) is 12.4. The highest BCUT2D eigenvalue weighted by Crippen LogP contribution is 2.34. The minimum absolute atomic E-state index is 0.183. The van der Waals surface area contributed by atoms with Crippen molar-refractivity contribution >= 4 is 39.1 Å². The maximum atomic E-state index is 12.7. The molecular formula is C18H17BrN2O2. The van der Waals surface area contributed by atoms with Crippen LogP contribution in [-0.4, -0.2) is 18.4 Å². The topological polar surface area (TPSA) is 49.4 Å². The standard InChI is InChI=1S/C18H17BrN2O2/c1-12(22)21(16-7-3-5-14-8-9-20-18(14)16)17(23)11-13-4-2-6-15(19)10-13/h2-7,10,20H,8-9,11H2,1H3. The third kappa shape index (κ3) is 3.29. The number of halogens is 1. The van der Waals surface area contributed by atoms with Gasteiger partial charge in [0, 0.05) is 17.9 Å². The summed E-state index contributed by atoms with van der Waals surface area (Å²) in [6, 6.07) is 13.3. The van der Waals surface area contributed by atoms with Gasteiger partial charge in [0.05, 0.1) is 17.8 Å². The molecule has 0 aliphatic carbocycles. The van der Waals surface area contributed by atoms with Crippen LogP contribution < -0.4 is 10.2 Å². The quantitative estimate of drug-likeness (QED) is 0.896. The van der Waals surface area contributed by atoms with Crippen molar-refractivity contribution in [3.8, 4) is 0 Å². The number of nitrogens with zero attached hydrogens (tertiary/aromatic N) is 1. The highest BCUT2D eigenvalue weighted by molar-refractivity contribution is 9.10. The van der Waals surface area contributed by atoms with Gasteiger partial charge in [-0.3, -0.25) is 9.59 Å². The minimum Gasteiger partial charge on any atom is -0.383 e. The summed E-state index contributed by atoms with van der Waals surface area (Å²) in [6.07, 6.45) is 1.09. The molecule has 0 aromatic heterocycles.